The average Bonchev–Trinajstić information content (AvgIpc) is 0.855. The Morgan fingerprint density at radius 1 is 0.378 bits per heavy atom. The fourth-order valence-corrected chi connectivity index (χ4v) is 10.8. The van der Waals surface area contributed by atoms with Gasteiger partial charge in [0.1, 0.15) is 23.0 Å². The second-order valence-corrected chi connectivity index (χ2v) is 23.3. The van der Waals surface area contributed by atoms with E-state index in [1.165, 1.54) is 72.8 Å². The molecule has 14 N–H and O–H groups in total. The van der Waals surface area contributed by atoms with Crippen molar-refractivity contribution in [2.75, 3.05) is 197 Å². The zero-order valence-electron chi connectivity index (χ0n) is 56.3. The Morgan fingerprint density at radius 3 is 0.969 bits per heavy atom. The number of unbranched alkanes of at least 4 members (excludes halogenated alkanes) is 1. The van der Waals surface area contributed by atoms with Crippen LogP contribution in [0.2, 0.25) is 0 Å². The summed E-state index contributed by atoms with van der Waals surface area (Å²) in [6.07, 6.45) is 2.44. The molecule has 0 fully saturated rings. The van der Waals surface area contributed by atoms with Crippen LogP contribution in [0.5, 0.6) is 23.0 Å². The van der Waals surface area contributed by atoms with E-state index < -0.39 is 76.3 Å². The van der Waals surface area contributed by atoms with Gasteiger partial charge in [-0.2, -0.15) is 0 Å². The van der Waals surface area contributed by atoms with Crippen molar-refractivity contribution in [1.29, 1.82) is 0 Å². The van der Waals surface area contributed by atoms with Gasteiger partial charge in [-0.25, -0.2) is 0 Å². The molecule has 2 aliphatic heterocycles. The van der Waals surface area contributed by atoms with Crippen molar-refractivity contribution in [2.45, 2.75) is 38.6 Å². The molecular formula is C68H99N13O17. The number of phenols is 4. The van der Waals surface area contributed by atoms with Crippen LogP contribution in [0, 0.1) is 0 Å². The van der Waals surface area contributed by atoms with Crippen LogP contribution in [0.1, 0.15) is 115 Å². The van der Waals surface area contributed by atoms with Gasteiger partial charge in [-0.05, 0) is 74.3 Å². The number of methoxy groups -OCH3 is 1. The monoisotopic (exact) mass is 1370 g/mol. The molecule has 4 aromatic carbocycles. The summed E-state index contributed by atoms with van der Waals surface area (Å²) in [5.74, 6) is -7.41. The highest BCUT2D eigenvalue weighted by molar-refractivity contribution is 6.06. The minimum atomic E-state index is -0.683. The minimum absolute atomic E-state index is 0.0120. The van der Waals surface area contributed by atoms with Gasteiger partial charge in [-0.15, -0.1) is 0 Å². The summed E-state index contributed by atoms with van der Waals surface area (Å²) in [7, 11) is 1.58. The molecule has 0 saturated carbocycles. The fourth-order valence-electron chi connectivity index (χ4n) is 10.8. The first-order valence-corrected chi connectivity index (χ1v) is 33.5. The number of para-hydroxylation sites is 4. The van der Waals surface area contributed by atoms with E-state index in [2.05, 4.69) is 42.5 Å². The van der Waals surface area contributed by atoms with E-state index in [1.807, 2.05) is 26.5 Å². The number of fused-ring (bicyclic) bond motifs is 8. The number of hydrogen-bond acceptors (Lipinski definition) is 22. The van der Waals surface area contributed by atoms with Gasteiger partial charge in [0.2, 0.25) is 0 Å². The molecule has 8 bridgehead atoms. The Hall–Kier alpha value is -8.56. The predicted molar refractivity (Wildman–Crippen MR) is 364 cm³/mol. The van der Waals surface area contributed by atoms with E-state index in [-0.39, 0.29) is 149 Å². The quantitative estimate of drug-likeness (QED) is 0.0420. The molecule has 0 radical (unpaired) electrons. The number of carbonyl (C=O) groups is 8. The highest BCUT2D eigenvalue weighted by Gasteiger charge is 2.27. The Labute approximate surface area is 571 Å². The van der Waals surface area contributed by atoms with Crippen LogP contribution in [0.3, 0.4) is 0 Å². The van der Waals surface area contributed by atoms with Gasteiger partial charge in [-0.3, -0.25) is 58.0 Å². The van der Waals surface area contributed by atoms with Crippen molar-refractivity contribution in [2.24, 2.45) is 5.73 Å². The highest BCUT2D eigenvalue weighted by atomic mass is 16.5. The molecule has 30 nitrogen and oxygen atoms in total. The van der Waals surface area contributed by atoms with Gasteiger partial charge in [0.05, 0.1) is 97.4 Å². The zero-order valence-corrected chi connectivity index (χ0v) is 56.3. The van der Waals surface area contributed by atoms with Gasteiger partial charge in [0, 0.05) is 144 Å². The molecule has 4 aromatic rings. The maximum atomic E-state index is 14.4. The zero-order chi connectivity index (χ0) is 70.4. The molecule has 0 aliphatic carbocycles. The molecule has 538 valence electrons. The van der Waals surface area contributed by atoms with Crippen molar-refractivity contribution >= 4 is 47.3 Å². The molecule has 30 heteroatoms. The van der Waals surface area contributed by atoms with Crippen molar-refractivity contribution in [1.82, 2.24) is 62.1 Å². The van der Waals surface area contributed by atoms with E-state index >= 15 is 0 Å². The molecule has 2 aliphatic rings. The lowest BCUT2D eigenvalue weighted by atomic mass is 10.0. The van der Waals surface area contributed by atoms with Gasteiger partial charge < -0.3 is 92.4 Å². The second-order valence-electron chi connectivity index (χ2n) is 23.3. The summed E-state index contributed by atoms with van der Waals surface area (Å²) < 4.78 is 27.5. The first-order valence-electron chi connectivity index (χ1n) is 33.5. The Kier molecular flexibility index (Phi) is 34.9. The molecule has 2 heterocycles. The van der Waals surface area contributed by atoms with Crippen LogP contribution < -0.4 is 48.3 Å². The van der Waals surface area contributed by atoms with Crippen LogP contribution in [0.25, 0.3) is 0 Å². The van der Waals surface area contributed by atoms with Crippen molar-refractivity contribution in [3.05, 3.63) is 117 Å². The third kappa shape index (κ3) is 26.0. The lowest BCUT2D eigenvalue weighted by molar-refractivity contribution is 0.0196. The van der Waals surface area contributed by atoms with Gasteiger partial charge >= 0.3 is 0 Å². The molecule has 8 amide bonds. The summed E-state index contributed by atoms with van der Waals surface area (Å²) in [5.41, 5.74) is 4.76. The number of nitrogens with one attached hydrogen (secondary N) is 8. The molecular weight excluding hydrogens is 1270 g/mol. The van der Waals surface area contributed by atoms with Crippen LogP contribution in [-0.2, 0) is 23.7 Å². The summed E-state index contributed by atoms with van der Waals surface area (Å²) >= 11 is 0. The fraction of sp³-hybridized carbons (Fsp3) is 0.529. The number of phenolic OH excluding ortho intramolecular Hbond substituents is 4. The van der Waals surface area contributed by atoms with Crippen molar-refractivity contribution in [3.63, 3.8) is 0 Å². The minimum Gasteiger partial charge on any atom is -0.506 e. The number of ether oxygens (including phenoxy) is 5. The van der Waals surface area contributed by atoms with Crippen LogP contribution in [0.4, 0.5) is 0 Å². The first kappa shape index (κ1) is 78.4. The molecule has 98 heavy (non-hydrogen) atoms. The van der Waals surface area contributed by atoms with Gasteiger partial charge in [0.25, 0.3) is 47.3 Å². The Morgan fingerprint density at radius 2 is 0.653 bits per heavy atom. The van der Waals surface area contributed by atoms with Crippen LogP contribution in [0.15, 0.2) is 72.8 Å². The Bertz CT molecular complexity index is 3130. The third-order valence-corrected chi connectivity index (χ3v) is 16.3. The van der Waals surface area contributed by atoms with E-state index in [0.29, 0.717) is 105 Å². The lowest BCUT2D eigenvalue weighted by Gasteiger charge is -2.31. The van der Waals surface area contributed by atoms with Crippen molar-refractivity contribution < 1.29 is 82.5 Å². The Balaban J connectivity index is 1.24. The standard InChI is InChI=1S/C68H99N13O17/c1-3-38-95-43-44-96-39-36-79-29-22-72-63(88)51-13-6-11-49(57(51)82)61(86)70-20-27-78(28-21-71-62(87)50-12-7-14-52(58(50)83)64(89)73-23-30-79)34-35-81-33-26-76-66(91)54-16-8-15-53(59(54)84)65(90)74-24-31-80(37-40-97-45-46-98-42-41-94-2)32-25-75-67(92)55-17-9-18-56(60(55)85)68(93)77-48(47-81)10-4-5-19-69/h6-9,11-18,48,82-85H,3-5,10,19-47,69H2,1-2H3,(H,70,86)(H,71,87)(H,72,88)(H,73,89)(H,74,90)(H,75,92)(H,76,91)(H,77,93). The molecule has 1 unspecified atom stereocenters. The molecule has 1 atom stereocenters. The normalized spacial score (nSPS) is 17.6. The second kappa shape index (κ2) is 43.7. The topological polar surface area (TPSA) is 399 Å². The predicted octanol–water partition coefficient (Wildman–Crippen LogP) is 0.304. The van der Waals surface area contributed by atoms with Gasteiger partial charge in [-0.1, -0.05) is 37.6 Å². The summed E-state index contributed by atoms with van der Waals surface area (Å²) in [6.45, 7) is 9.25. The summed E-state index contributed by atoms with van der Waals surface area (Å²) in [6, 6.07) is 16.4. The highest BCUT2D eigenvalue weighted by Crippen LogP contribution is 2.26. The maximum Gasteiger partial charge on any atom is 0.255 e. The molecule has 6 rings (SSSR count). The van der Waals surface area contributed by atoms with E-state index in [0.717, 1.165) is 6.42 Å². The SMILES string of the molecule is CCCOCCOCCN1CCNC(=O)c2cccc(c2O)C(=O)NCCN(CCN2CCNC(=O)c3cccc(c3O)C(=O)NCCN(CCOCCOCCOC)CCNC(=O)c3cccc(c3O)C(=O)NC(CCCCN)C2)CCNC(=O)c2cccc(c2O)C(=O)NCC1. The molecule has 0 saturated heterocycles. The number of aromatic hydroxyl groups is 4. The van der Waals surface area contributed by atoms with Crippen LogP contribution >= 0.6 is 0 Å². The molecule has 0 aromatic heterocycles. The third-order valence-electron chi connectivity index (χ3n) is 16.3. The summed E-state index contributed by atoms with van der Waals surface area (Å²) in [4.78, 5) is 118. The average molecular weight is 1370 g/mol. The maximum absolute atomic E-state index is 14.4. The van der Waals surface area contributed by atoms with Gasteiger partial charge in [0.15, 0.2) is 0 Å². The number of nitrogens with two attached hydrogens (primary N) is 1. The number of hydrogen-bond donors (Lipinski definition) is 13. The number of carbonyl (C=O) groups excluding carboxylic acids is 8. The number of benzene rings is 4. The number of amides is 8. The van der Waals surface area contributed by atoms with Crippen molar-refractivity contribution in [3.8, 4) is 23.0 Å². The number of nitrogens with zero attached hydrogens (tertiary/aromatic N) is 4. The van der Waals surface area contributed by atoms with E-state index in [1.54, 1.807) is 7.11 Å². The lowest BCUT2D eigenvalue weighted by Crippen LogP contribution is -2.49. The smallest absolute Gasteiger partial charge is 0.255 e. The first-order chi connectivity index (χ1) is 47.5. The largest absolute Gasteiger partial charge is 0.506 e. The number of rotatable bonds is 24. The summed E-state index contributed by atoms with van der Waals surface area (Å²) in [5, 5.41) is 68.6. The van der Waals surface area contributed by atoms with E-state index in [9.17, 15) is 58.8 Å². The molecule has 0 spiro atoms. The van der Waals surface area contributed by atoms with Crippen LogP contribution in [-0.4, -0.2) is 291 Å². The van der Waals surface area contributed by atoms with E-state index in [4.69, 9.17) is 29.4 Å².